The summed E-state index contributed by atoms with van der Waals surface area (Å²) < 4.78 is 2.11. The van der Waals surface area contributed by atoms with Gasteiger partial charge in [0.05, 0.1) is 18.3 Å². The molecule has 1 unspecified atom stereocenters. The van der Waals surface area contributed by atoms with Gasteiger partial charge >= 0.3 is 0 Å². The molecule has 0 fully saturated rings. The molecule has 0 aliphatic heterocycles. The Kier molecular flexibility index (Phi) is 3.98. The maximum atomic E-state index is 9.01. The van der Waals surface area contributed by atoms with Crippen LogP contribution in [-0.4, -0.2) is 9.78 Å². The van der Waals surface area contributed by atoms with Crippen molar-refractivity contribution in [1.82, 2.24) is 9.78 Å². The van der Waals surface area contributed by atoms with Gasteiger partial charge in [0.25, 0.3) is 0 Å². The van der Waals surface area contributed by atoms with E-state index in [1.54, 1.807) is 0 Å². The van der Waals surface area contributed by atoms with E-state index in [1.165, 1.54) is 16.8 Å². The van der Waals surface area contributed by atoms with Gasteiger partial charge in [-0.05, 0) is 43.9 Å². The van der Waals surface area contributed by atoms with Crippen LogP contribution in [-0.2, 0) is 13.0 Å². The van der Waals surface area contributed by atoms with E-state index in [0.717, 1.165) is 36.5 Å². The molecule has 4 heteroatoms. The lowest BCUT2D eigenvalue weighted by Crippen LogP contribution is -2.13. The first kappa shape index (κ1) is 14.2. The normalized spacial score (nSPS) is 17.3. The summed E-state index contributed by atoms with van der Waals surface area (Å²) in [5, 5.41) is 14.5. The zero-order valence-electron chi connectivity index (χ0n) is 12.1. The van der Waals surface area contributed by atoms with Crippen molar-refractivity contribution in [2.24, 2.45) is 0 Å². The summed E-state index contributed by atoms with van der Waals surface area (Å²) in [7, 11) is 0. The van der Waals surface area contributed by atoms with Crippen molar-refractivity contribution < 1.29 is 0 Å². The van der Waals surface area contributed by atoms with E-state index < -0.39 is 0 Å². The Morgan fingerprint density at radius 3 is 2.86 bits per heavy atom. The fourth-order valence-corrected chi connectivity index (χ4v) is 3.43. The average molecular weight is 300 g/mol. The van der Waals surface area contributed by atoms with Crippen molar-refractivity contribution in [3.63, 3.8) is 0 Å². The number of nitrogens with zero attached hydrogens (tertiary/aromatic N) is 3. The molecule has 3 rings (SSSR count). The molecular weight excluding hydrogens is 282 g/mol. The topological polar surface area (TPSA) is 41.6 Å². The van der Waals surface area contributed by atoms with Crippen LogP contribution in [0.3, 0.4) is 0 Å². The summed E-state index contributed by atoms with van der Waals surface area (Å²) in [6, 6.07) is 10.2. The van der Waals surface area contributed by atoms with E-state index >= 15 is 0 Å². The number of fused-ring (bicyclic) bond motifs is 1. The number of hydrogen-bond acceptors (Lipinski definition) is 2. The SMILES string of the molecule is Cc1nn(Cc2ccc(Cl)cc2)c2c1C(CC#N)CCC2. The summed E-state index contributed by atoms with van der Waals surface area (Å²) >= 11 is 5.93. The highest BCUT2D eigenvalue weighted by atomic mass is 35.5. The summed E-state index contributed by atoms with van der Waals surface area (Å²) in [6.07, 6.45) is 3.91. The first-order chi connectivity index (χ1) is 10.2. The third-order valence-electron chi connectivity index (χ3n) is 4.24. The van der Waals surface area contributed by atoms with Gasteiger partial charge in [-0.1, -0.05) is 23.7 Å². The van der Waals surface area contributed by atoms with Gasteiger partial charge in [-0.25, -0.2) is 0 Å². The van der Waals surface area contributed by atoms with Crippen LogP contribution in [0.4, 0.5) is 0 Å². The summed E-state index contributed by atoms with van der Waals surface area (Å²) in [4.78, 5) is 0. The second kappa shape index (κ2) is 5.91. The van der Waals surface area contributed by atoms with Crippen LogP contribution >= 0.6 is 11.6 Å². The molecule has 0 N–H and O–H groups in total. The van der Waals surface area contributed by atoms with Gasteiger partial charge in [-0.3, -0.25) is 4.68 Å². The third-order valence-corrected chi connectivity index (χ3v) is 4.49. The Bertz CT molecular complexity index is 679. The molecule has 0 saturated heterocycles. The fourth-order valence-electron chi connectivity index (χ4n) is 3.31. The predicted molar refractivity (Wildman–Crippen MR) is 83.4 cm³/mol. The molecular formula is C17H18ClN3. The number of hydrogen-bond donors (Lipinski definition) is 0. The maximum Gasteiger partial charge on any atom is 0.0662 e. The van der Waals surface area contributed by atoms with Crippen molar-refractivity contribution in [3.05, 3.63) is 51.8 Å². The smallest absolute Gasteiger partial charge is 0.0662 e. The lowest BCUT2D eigenvalue weighted by molar-refractivity contribution is 0.531. The summed E-state index contributed by atoms with van der Waals surface area (Å²) in [5.41, 5.74) is 4.91. The van der Waals surface area contributed by atoms with Crippen LogP contribution in [0.2, 0.25) is 5.02 Å². The minimum Gasteiger partial charge on any atom is -0.265 e. The quantitative estimate of drug-likeness (QED) is 0.851. The Morgan fingerprint density at radius 2 is 2.14 bits per heavy atom. The largest absolute Gasteiger partial charge is 0.265 e. The number of aromatic nitrogens is 2. The van der Waals surface area contributed by atoms with Crippen LogP contribution < -0.4 is 0 Å². The van der Waals surface area contributed by atoms with Crippen molar-refractivity contribution in [3.8, 4) is 6.07 Å². The van der Waals surface area contributed by atoms with Crippen molar-refractivity contribution in [1.29, 1.82) is 5.26 Å². The molecule has 0 bridgehead atoms. The molecule has 0 spiro atoms. The predicted octanol–water partition coefficient (Wildman–Crippen LogP) is 4.23. The first-order valence-corrected chi connectivity index (χ1v) is 7.74. The molecule has 1 aromatic heterocycles. The van der Waals surface area contributed by atoms with Crippen LogP contribution in [0, 0.1) is 18.3 Å². The second-order valence-electron chi connectivity index (χ2n) is 5.68. The molecule has 1 heterocycles. The zero-order valence-corrected chi connectivity index (χ0v) is 12.9. The van der Waals surface area contributed by atoms with Crippen LogP contribution in [0.5, 0.6) is 0 Å². The van der Waals surface area contributed by atoms with Gasteiger partial charge in [0, 0.05) is 28.6 Å². The highest BCUT2D eigenvalue weighted by Gasteiger charge is 2.26. The van der Waals surface area contributed by atoms with Gasteiger partial charge in [-0.2, -0.15) is 10.4 Å². The molecule has 3 nitrogen and oxygen atoms in total. The van der Waals surface area contributed by atoms with Gasteiger partial charge in [0.15, 0.2) is 0 Å². The Hall–Kier alpha value is -1.79. The lowest BCUT2D eigenvalue weighted by Gasteiger charge is -2.21. The van der Waals surface area contributed by atoms with Gasteiger partial charge < -0.3 is 0 Å². The molecule has 0 amide bonds. The number of nitriles is 1. The summed E-state index contributed by atoms with van der Waals surface area (Å²) in [5.74, 6) is 0.359. The zero-order chi connectivity index (χ0) is 14.8. The molecule has 108 valence electrons. The average Bonchev–Trinajstić information content (AvgIpc) is 2.79. The maximum absolute atomic E-state index is 9.01. The molecule has 1 atom stereocenters. The number of rotatable bonds is 3. The standard InChI is InChI=1S/C17H18ClN3/c1-12-17-14(9-10-19)3-2-4-16(17)21(20-12)11-13-5-7-15(18)8-6-13/h5-8,14H,2-4,9,11H2,1H3. The van der Waals surface area contributed by atoms with E-state index in [9.17, 15) is 0 Å². The van der Waals surface area contributed by atoms with E-state index in [4.69, 9.17) is 22.0 Å². The van der Waals surface area contributed by atoms with E-state index in [0.29, 0.717) is 12.3 Å². The molecule has 0 radical (unpaired) electrons. The third kappa shape index (κ3) is 2.82. The second-order valence-corrected chi connectivity index (χ2v) is 6.12. The number of aryl methyl sites for hydroxylation is 1. The molecule has 1 aliphatic rings. The number of benzene rings is 1. The van der Waals surface area contributed by atoms with E-state index in [1.807, 2.05) is 24.3 Å². The van der Waals surface area contributed by atoms with E-state index in [2.05, 4.69) is 17.7 Å². The van der Waals surface area contributed by atoms with Gasteiger partial charge in [0.2, 0.25) is 0 Å². The monoisotopic (exact) mass is 299 g/mol. The lowest BCUT2D eigenvalue weighted by atomic mass is 9.83. The Balaban J connectivity index is 1.92. The molecule has 1 aliphatic carbocycles. The first-order valence-electron chi connectivity index (χ1n) is 7.36. The van der Waals surface area contributed by atoms with Crippen molar-refractivity contribution >= 4 is 11.6 Å². The van der Waals surface area contributed by atoms with Crippen molar-refractivity contribution in [2.45, 2.75) is 45.1 Å². The Morgan fingerprint density at radius 1 is 1.38 bits per heavy atom. The minimum atomic E-state index is 0.359. The van der Waals surface area contributed by atoms with Gasteiger partial charge in [-0.15, -0.1) is 0 Å². The molecule has 0 saturated carbocycles. The minimum absolute atomic E-state index is 0.359. The Labute approximate surface area is 130 Å². The van der Waals surface area contributed by atoms with E-state index in [-0.39, 0.29) is 0 Å². The fraction of sp³-hybridized carbons (Fsp3) is 0.412. The van der Waals surface area contributed by atoms with Crippen LogP contribution in [0.15, 0.2) is 24.3 Å². The highest BCUT2D eigenvalue weighted by Crippen LogP contribution is 2.36. The number of halogens is 1. The highest BCUT2D eigenvalue weighted by molar-refractivity contribution is 6.30. The molecule has 21 heavy (non-hydrogen) atoms. The summed E-state index contributed by atoms with van der Waals surface area (Å²) in [6.45, 7) is 2.83. The molecule has 2 aromatic rings. The van der Waals surface area contributed by atoms with Crippen molar-refractivity contribution in [2.75, 3.05) is 0 Å². The molecule has 1 aromatic carbocycles. The van der Waals surface area contributed by atoms with Crippen LogP contribution in [0.1, 0.15) is 47.7 Å². The van der Waals surface area contributed by atoms with Crippen LogP contribution in [0.25, 0.3) is 0 Å². The van der Waals surface area contributed by atoms with Gasteiger partial charge in [0.1, 0.15) is 0 Å².